The first-order chi connectivity index (χ1) is 27.7. The molecule has 0 saturated carbocycles. The summed E-state index contributed by atoms with van der Waals surface area (Å²) < 4.78 is 6.90. The number of nitrogens with zero attached hydrogens (tertiary/aromatic N) is 3. The minimum atomic E-state index is -2.26. The molecule has 3 heterocycles. The van der Waals surface area contributed by atoms with E-state index in [4.69, 9.17) is 9.41 Å². The maximum Gasteiger partial charge on any atom is 0.261 e. The van der Waals surface area contributed by atoms with Crippen molar-refractivity contribution < 1.29 is 23.6 Å². The maximum atomic E-state index is 14.8. The smallest absolute Gasteiger partial charge is 0.261 e. The fraction of sp³-hybridized carbons (Fsp3) is 0.327. The predicted octanol–water partition coefficient (Wildman–Crippen LogP) is 11.9. The highest BCUT2D eigenvalue weighted by Crippen LogP contribution is 2.51. The van der Waals surface area contributed by atoms with E-state index in [1.165, 1.54) is 9.80 Å². The monoisotopic (exact) mass is 787 g/mol. The fourth-order valence-corrected chi connectivity index (χ4v) is 10.5. The van der Waals surface area contributed by atoms with Crippen LogP contribution in [0.4, 0.5) is 0 Å². The van der Waals surface area contributed by atoms with Crippen molar-refractivity contribution >= 4 is 85.9 Å². The maximum absolute atomic E-state index is 14.8. The number of carbonyl (C=O) groups excluding carboxylic acids is 4. The molecule has 0 radical (unpaired) electrons. The molecule has 2 aliphatic rings. The van der Waals surface area contributed by atoms with Gasteiger partial charge in [-0.3, -0.25) is 34.0 Å². The lowest BCUT2D eigenvalue weighted by Crippen LogP contribution is -2.46. The minimum Gasteiger partial charge on any atom is -0.542 e. The highest BCUT2D eigenvalue weighted by molar-refractivity contribution is 6.74. The van der Waals surface area contributed by atoms with E-state index in [0.717, 1.165) is 54.3 Å². The summed E-state index contributed by atoms with van der Waals surface area (Å²) in [5.41, 5.74) is 4.39. The summed E-state index contributed by atoms with van der Waals surface area (Å²) in [4.78, 5) is 65.7. The number of hydrogen-bond acceptors (Lipinski definition) is 6. The number of aromatic nitrogens is 1. The van der Waals surface area contributed by atoms with Crippen LogP contribution in [0.3, 0.4) is 0 Å². The Balaban J connectivity index is 1.43. The number of rotatable bonds is 9. The van der Waals surface area contributed by atoms with Crippen molar-refractivity contribution in [1.82, 2.24) is 14.8 Å². The number of carbonyl (C=O) groups is 4. The molecule has 0 spiro atoms. The molecule has 294 valence electrons. The van der Waals surface area contributed by atoms with Gasteiger partial charge in [-0.2, -0.15) is 0 Å². The zero-order valence-corrected chi connectivity index (χ0v) is 35.8. The lowest BCUT2D eigenvalue weighted by atomic mass is 9.79. The van der Waals surface area contributed by atoms with Gasteiger partial charge in [-0.05, 0) is 130 Å². The molecular weight excluding hydrogens is 739 g/mol. The van der Waals surface area contributed by atoms with E-state index in [9.17, 15) is 19.2 Å². The van der Waals surface area contributed by atoms with E-state index < -0.39 is 8.32 Å². The first-order valence-corrected chi connectivity index (χ1v) is 23.7. The highest BCUT2D eigenvalue weighted by atomic mass is 28.4. The molecule has 0 atom stereocenters. The van der Waals surface area contributed by atoms with Crippen molar-refractivity contribution in [1.29, 1.82) is 0 Å². The zero-order valence-electron chi connectivity index (χ0n) is 34.8. The summed E-state index contributed by atoms with van der Waals surface area (Å²) >= 11 is 0. The van der Waals surface area contributed by atoms with Crippen LogP contribution in [-0.2, 0) is 0 Å². The molecule has 9 heteroatoms. The Hall–Kier alpha value is -5.67. The zero-order chi connectivity index (χ0) is 41.2. The first-order valence-electron chi connectivity index (χ1n) is 20.8. The van der Waals surface area contributed by atoms with Crippen LogP contribution in [0.5, 0.6) is 5.75 Å². The van der Waals surface area contributed by atoms with Crippen LogP contribution >= 0.6 is 0 Å². The Labute approximate surface area is 339 Å². The van der Waals surface area contributed by atoms with E-state index in [2.05, 4.69) is 39.9 Å². The number of fused-ring (bicyclic) bond motifs is 3. The van der Waals surface area contributed by atoms with Crippen LogP contribution in [-0.4, -0.2) is 58.8 Å². The predicted molar refractivity (Wildman–Crippen MR) is 236 cm³/mol. The van der Waals surface area contributed by atoms with Crippen LogP contribution < -0.4 is 4.43 Å². The number of hydrogen-bond donors (Lipinski definition) is 0. The Bertz CT molecular complexity index is 2910. The van der Waals surface area contributed by atoms with Crippen molar-refractivity contribution in [3.63, 3.8) is 0 Å². The van der Waals surface area contributed by atoms with Gasteiger partial charge < -0.3 is 4.43 Å². The summed E-state index contributed by atoms with van der Waals surface area (Å²) in [6.07, 6.45) is 4.41. The highest BCUT2D eigenvalue weighted by Gasteiger charge is 2.42. The third-order valence-electron chi connectivity index (χ3n) is 13.6. The van der Waals surface area contributed by atoms with Crippen molar-refractivity contribution in [2.24, 2.45) is 0 Å². The van der Waals surface area contributed by atoms with E-state index in [1.807, 2.05) is 88.4 Å². The molecule has 0 aliphatic carbocycles. The van der Waals surface area contributed by atoms with Gasteiger partial charge in [-0.25, -0.2) is 0 Å². The molecular formula is C49H49N3O5Si. The van der Waals surface area contributed by atoms with Crippen LogP contribution in [0.1, 0.15) is 116 Å². The first kappa shape index (κ1) is 37.9. The average Bonchev–Trinajstić information content (AvgIpc) is 3.21. The Morgan fingerprint density at radius 3 is 1.57 bits per heavy atom. The van der Waals surface area contributed by atoms with E-state index >= 15 is 0 Å². The van der Waals surface area contributed by atoms with Crippen LogP contribution in [0.25, 0.3) is 65.1 Å². The van der Waals surface area contributed by atoms with Crippen molar-refractivity contribution in [3.8, 4) is 16.9 Å². The minimum absolute atomic E-state index is 0.0370. The summed E-state index contributed by atoms with van der Waals surface area (Å²) in [7, 11) is -2.26. The molecule has 4 amide bonds. The van der Waals surface area contributed by atoms with E-state index in [-0.39, 0.29) is 40.8 Å². The van der Waals surface area contributed by atoms with Gasteiger partial charge in [0.05, 0.1) is 0 Å². The largest absolute Gasteiger partial charge is 0.542 e. The van der Waals surface area contributed by atoms with E-state index in [1.54, 1.807) is 6.20 Å². The second-order valence-corrected chi connectivity index (χ2v) is 22.3. The van der Waals surface area contributed by atoms with Crippen molar-refractivity contribution in [2.45, 2.75) is 104 Å². The van der Waals surface area contributed by atoms with Crippen LogP contribution in [0.2, 0.25) is 18.1 Å². The quantitative estimate of drug-likeness (QED) is 0.0625. The SMILES string of the molecule is CCC(CC)N1C(=O)c2ccc3c4ccc5c6c(cc(-c7ccc(O[Si](C)(C)C(C)(C)C)c8ncccc78)c(c7ccc(c2c37)C1=O)c64)C(=O)N(C(CC)CC)C5=O. The molecule has 8 nitrogen and oxygen atoms in total. The Morgan fingerprint density at radius 1 is 0.552 bits per heavy atom. The summed E-state index contributed by atoms with van der Waals surface area (Å²) in [5.74, 6) is -0.428. The van der Waals surface area contributed by atoms with Gasteiger partial charge in [0.15, 0.2) is 0 Å². The molecule has 1 aromatic heterocycles. The van der Waals surface area contributed by atoms with Crippen molar-refractivity contribution in [2.75, 3.05) is 0 Å². The fourth-order valence-electron chi connectivity index (χ4n) is 9.48. The molecule has 0 unspecified atom stereocenters. The van der Waals surface area contributed by atoms with E-state index in [0.29, 0.717) is 64.5 Å². The van der Waals surface area contributed by atoms with Gasteiger partial charge in [0.2, 0.25) is 0 Å². The molecule has 0 N–H and O–H groups in total. The van der Waals surface area contributed by atoms with Gasteiger partial charge in [-0.15, -0.1) is 0 Å². The summed E-state index contributed by atoms with van der Waals surface area (Å²) in [5, 5.41) is 7.18. The third kappa shape index (κ3) is 5.08. The second kappa shape index (κ2) is 13.2. The molecule has 0 saturated heterocycles. The molecule has 0 bridgehead atoms. The van der Waals surface area contributed by atoms with Gasteiger partial charge in [0, 0.05) is 56.7 Å². The number of pyridine rings is 1. The molecule has 2 aliphatic heterocycles. The topological polar surface area (TPSA) is 96.9 Å². The lowest BCUT2D eigenvalue weighted by Gasteiger charge is -2.36. The molecule has 9 rings (SSSR count). The third-order valence-corrected chi connectivity index (χ3v) is 18.0. The van der Waals surface area contributed by atoms with Crippen molar-refractivity contribution in [3.05, 3.63) is 95.2 Å². The normalized spacial score (nSPS) is 14.9. The molecule has 0 fully saturated rings. The average molecular weight is 788 g/mol. The number of benzene rings is 6. The number of imide groups is 2. The molecule has 6 aromatic carbocycles. The Kier molecular flexibility index (Phi) is 8.61. The van der Waals surface area contributed by atoms with Gasteiger partial charge in [0.1, 0.15) is 11.3 Å². The lowest BCUT2D eigenvalue weighted by molar-refractivity contribution is 0.0514. The van der Waals surface area contributed by atoms with Gasteiger partial charge in [-0.1, -0.05) is 72.7 Å². The standard InChI is InChI=1S/C49H49N3O5Si/c1-10-26(11-2)51-45(53)33-19-16-29-30-17-20-35-42-37(48(56)52(47(35)55)27(12-3)13-4)25-36(40(43(30)42)32-18-21-34(46(51)54)41(33)39(29)32)28-22-23-38(44-31(28)15-14-24-50-44)57-58(8,9)49(5,6)7/h14-27H,10-13H2,1-9H3. The summed E-state index contributed by atoms with van der Waals surface area (Å²) in [6, 6.07) is 21.1. The Morgan fingerprint density at radius 2 is 1.03 bits per heavy atom. The van der Waals surface area contributed by atoms with Crippen LogP contribution in [0, 0.1) is 0 Å². The molecule has 7 aromatic rings. The molecule has 58 heavy (non-hydrogen) atoms. The van der Waals surface area contributed by atoms with Gasteiger partial charge >= 0.3 is 0 Å². The van der Waals surface area contributed by atoms with Crippen LogP contribution in [0.15, 0.2) is 72.9 Å². The summed E-state index contributed by atoms with van der Waals surface area (Å²) in [6.45, 7) is 19.1. The van der Waals surface area contributed by atoms with Gasteiger partial charge in [0.25, 0.3) is 31.9 Å². The second-order valence-electron chi connectivity index (χ2n) is 17.6. The number of amides is 4.